The Balaban J connectivity index is 1.96. The average molecular weight is 342 g/mol. The van der Waals surface area contributed by atoms with Gasteiger partial charge in [0.25, 0.3) is 0 Å². The molecule has 0 fully saturated rings. The third-order valence-corrected chi connectivity index (χ3v) is 4.94. The molecule has 0 aliphatic carbocycles. The molecule has 1 amide bonds. The third-order valence-electron chi connectivity index (χ3n) is 3.47. The summed E-state index contributed by atoms with van der Waals surface area (Å²) < 4.78 is 24.3. The van der Waals surface area contributed by atoms with Gasteiger partial charge < -0.3 is 5.32 Å². The standard InChI is InChI=1S/C18H18N2O3S/c1-2-14-7-9-17(10-8-14)20-18(21)13-24(22,23)12-16-5-3-15(11-19)4-6-16/h3-10H,2,12-13H2,1H3,(H,20,21). The molecule has 0 aliphatic heterocycles. The first-order valence-electron chi connectivity index (χ1n) is 7.50. The molecule has 6 heteroatoms. The van der Waals surface area contributed by atoms with E-state index in [0.29, 0.717) is 16.8 Å². The van der Waals surface area contributed by atoms with Gasteiger partial charge in [0, 0.05) is 5.69 Å². The second kappa shape index (κ2) is 7.75. The molecule has 0 spiro atoms. The summed E-state index contributed by atoms with van der Waals surface area (Å²) in [6, 6.07) is 15.5. The number of hydrogen-bond donors (Lipinski definition) is 1. The van der Waals surface area contributed by atoms with E-state index in [9.17, 15) is 13.2 Å². The Morgan fingerprint density at radius 2 is 1.62 bits per heavy atom. The number of carbonyl (C=O) groups is 1. The molecule has 24 heavy (non-hydrogen) atoms. The second-order valence-corrected chi connectivity index (χ2v) is 7.50. The van der Waals surface area contributed by atoms with Gasteiger partial charge in [-0.05, 0) is 41.8 Å². The van der Waals surface area contributed by atoms with E-state index >= 15 is 0 Å². The molecule has 5 nitrogen and oxygen atoms in total. The highest BCUT2D eigenvalue weighted by molar-refractivity contribution is 7.91. The summed E-state index contributed by atoms with van der Waals surface area (Å²) >= 11 is 0. The van der Waals surface area contributed by atoms with Crippen LogP contribution in [0.15, 0.2) is 48.5 Å². The van der Waals surface area contributed by atoms with Crippen molar-refractivity contribution in [1.82, 2.24) is 0 Å². The zero-order chi connectivity index (χ0) is 17.6. The van der Waals surface area contributed by atoms with Gasteiger partial charge in [0.1, 0.15) is 5.75 Å². The van der Waals surface area contributed by atoms with Crippen LogP contribution in [0.25, 0.3) is 0 Å². The van der Waals surface area contributed by atoms with Gasteiger partial charge in [-0.2, -0.15) is 5.26 Å². The fraction of sp³-hybridized carbons (Fsp3) is 0.222. The van der Waals surface area contributed by atoms with E-state index in [1.165, 1.54) is 0 Å². The van der Waals surface area contributed by atoms with Crippen molar-refractivity contribution < 1.29 is 13.2 Å². The smallest absolute Gasteiger partial charge is 0.239 e. The summed E-state index contributed by atoms with van der Waals surface area (Å²) in [5.41, 5.74) is 2.73. The number of hydrogen-bond acceptors (Lipinski definition) is 4. The number of nitrogens with zero attached hydrogens (tertiary/aromatic N) is 1. The number of anilines is 1. The highest BCUT2D eigenvalue weighted by Crippen LogP contribution is 2.12. The maximum atomic E-state index is 12.1. The van der Waals surface area contributed by atoms with E-state index in [1.807, 2.05) is 25.1 Å². The quantitative estimate of drug-likeness (QED) is 0.874. The lowest BCUT2D eigenvalue weighted by Crippen LogP contribution is -2.23. The van der Waals surface area contributed by atoms with Crippen LogP contribution in [-0.2, 0) is 26.8 Å². The molecule has 0 aliphatic rings. The SMILES string of the molecule is CCc1ccc(NC(=O)CS(=O)(=O)Cc2ccc(C#N)cc2)cc1. The maximum absolute atomic E-state index is 12.1. The van der Waals surface area contributed by atoms with Gasteiger partial charge in [-0.3, -0.25) is 4.79 Å². The van der Waals surface area contributed by atoms with Gasteiger partial charge in [0.2, 0.25) is 5.91 Å². The van der Waals surface area contributed by atoms with E-state index < -0.39 is 21.5 Å². The van der Waals surface area contributed by atoms with Crippen LogP contribution in [0.4, 0.5) is 5.69 Å². The molecular formula is C18H18N2O3S. The number of sulfone groups is 1. The molecule has 1 N–H and O–H groups in total. The number of carbonyl (C=O) groups excluding carboxylic acids is 1. The molecule has 0 unspecified atom stereocenters. The number of amides is 1. The Kier molecular flexibility index (Phi) is 5.72. The number of benzene rings is 2. The van der Waals surface area contributed by atoms with Crippen molar-refractivity contribution >= 4 is 21.4 Å². The first kappa shape index (κ1) is 17.7. The predicted molar refractivity (Wildman–Crippen MR) is 93.1 cm³/mol. The van der Waals surface area contributed by atoms with Gasteiger partial charge in [-0.15, -0.1) is 0 Å². The molecule has 2 rings (SSSR count). The van der Waals surface area contributed by atoms with Crippen molar-refractivity contribution in [2.75, 3.05) is 11.1 Å². The molecule has 0 heterocycles. The van der Waals surface area contributed by atoms with Crippen molar-refractivity contribution in [3.63, 3.8) is 0 Å². The molecule has 0 radical (unpaired) electrons. The number of aryl methyl sites for hydroxylation is 1. The summed E-state index contributed by atoms with van der Waals surface area (Å²) in [5, 5.41) is 11.3. The monoisotopic (exact) mass is 342 g/mol. The van der Waals surface area contributed by atoms with Crippen LogP contribution in [0, 0.1) is 11.3 Å². The fourth-order valence-corrected chi connectivity index (χ4v) is 3.48. The summed E-state index contributed by atoms with van der Waals surface area (Å²) in [5.74, 6) is -1.38. The van der Waals surface area contributed by atoms with Gasteiger partial charge in [0.15, 0.2) is 9.84 Å². The second-order valence-electron chi connectivity index (χ2n) is 5.44. The van der Waals surface area contributed by atoms with Gasteiger partial charge in [-0.1, -0.05) is 31.2 Å². The van der Waals surface area contributed by atoms with E-state index in [-0.39, 0.29) is 5.75 Å². The summed E-state index contributed by atoms with van der Waals surface area (Å²) in [7, 11) is -3.58. The molecule has 124 valence electrons. The Morgan fingerprint density at radius 1 is 1.04 bits per heavy atom. The molecule has 2 aromatic carbocycles. The molecule has 0 saturated heterocycles. The molecule has 0 aromatic heterocycles. The first-order chi connectivity index (χ1) is 11.4. The van der Waals surface area contributed by atoms with Crippen molar-refractivity contribution in [3.8, 4) is 6.07 Å². The van der Waals surface area contributed by atoms with E-state index in [0.717, 1.165) is 12.0 Å². The van der Waals surface area contributed by atoms with Crippen molar-refractivity contribution in [2.24, 2.45) is 0 Å². The normalized spacial score (nSPS) is 10.8. The summed E-state index contributed by atoms with van der Waals surface area (Å²) in [6.45, 7) is 2.03. The van der Waals surface area contributed by atoms with E-state index in [2.05, 4.69) is 5.32 Å². The van der Waals surface area contributed by atoms with Crippen LogP contribution in [0.1, 0.15) is 23.6 Å². The number of rotatable bonds is 6. The highest BCUT2D eigenvalue weighted by Gasteiger charge is 2.17. The van der Waals surface area contributed by atoms with Gasteiger partial charge in [0.05, 0.1) is 17.4 Å². The van der Waals surface area contributed by atoms with Crippen molar-refractivity contribution in [3.05, 3.63) is 65.2 Å². The molecule has 2 aromatic rings. The molecule has 0 atom stereocenters. The zero-order valence-electron chi connectivity index (χ0n) is 13.3. The minimum absolute atomic E-state index is 0.235. The lowest BCUT2D eigenvalue weighted by atomic mass is 10.1. The summed E-state index contributed by atoms with van der Waals surface area (Å²) in [4.78, 5) is 11.9. The van der Waals surface area contributed by atoms with E-state index in [1.54, 1.807) is 36.4 Å². The topological polar surface area (TPSA) is 87.0 Å². The van der Waals surface area contributed by atoms with Crippen molar-refractivity contribution in [1.29, 1.82) is 5.26 Å². The Labute approximate surface area is 141 Å². The predicted octanol–water partition coefficient (Wildman–Crippen LogP) is 2.67. The molecular weight excluding hydrogens is 324 g/mol. The highest BCUT2D eigenvalue weighted by atomic mass is 32.2. The van der Waals surface area contributed by atoms with Crippen molar-refractivity contribution in [2.45, 2.75) is 19.1 Å². The fourth-order valence-electron chi connectivity index (χ4n) is 2.20. The zero-order valence-corrected chi connectivity index (χ0v) is 14.1. The molecule has 0 saturated carbocycles. The van der Waals surface area contributed by atoms with Gasteiger partial charge >= 0.3 is 0 Å². The van der Waals surface area contributed by atoms with Crippen LogP contribution in [0.3, 0.4) is 0 Å². The van der Waals surface area contributed by atoms with Crippen LogP contribution in [0.5, 0.6) is 0 Å². The largest absolute Gasteiger partial charge is 0.325 e. The lowest BCUT2D eigenvalue weighted by molar-refractivity contribution is -0.113. The summed E-state index contributed by atoms with van der Waals surface area (Å²) in [6.07, 6.45) is 0.896. The van der Waals surface area contributed by atoms with Crippen LogP contribution in [-0.4, -0.2) is 20.1 Å². The van der Waals surface area contributed by atoms with E-state index in [4.69, 9.17) is 5.26 Å². The third kappa shape index (κ3) is 5.21. The van der Waals surface area contributed by atoms with Crippen LogP contribution in [0.2, 0.25) is 0 Å². The molecule has 0 bridgehead atoms. The van der Waals surface area contributed by atoms with Gasteiger partial charge in [-0.25, -0.2) is 8.42 Å². The first-order valence-corrected chi connectivity index (χ1v) is 9.32. The minimum Gasteiger partial charge on any atom is -0.325 e. The maximum Gasteiger partial charge on any atom is 0.239 e. The average Bonchev–Trinajstić information content (AvgIpc) is 2.55. The Hall–Kier alpha value is -2.65. The Morgan fingerprint density at radius 3 is 2.17 bits per heavy atom. The number of nitriles is 1. The Bertz CT molecular complexity index is 849. The minimum atomic E-state index is -3.58. The number of nitrogens with one attached hydrogen (secondary N) is 1. The van der Waals surface area contributed by atoms with Crippen LogP contribution >= 0.6 is 0 Å². The van der Waals surface area contributed by atoms with Crippen LogP contribution < -0.4 is 5.32 Å². The lowest BCUT2D eigenvalue weighted by Gasteiger charge is -2.07.